The number of nitrogens with zero attached hydrogens (tertiary/aromatic N) is 1. The molecule has 3 aliphatic carbocycles. The van der Waals surface area contributed by atoms with Crippen LogP contribution in [0.5, 0.6) is 11.5 Å². The van der Waals surface area contributed by atoms with Gasteiger partial charge in [-0.25, -0.2) is 0 Å². The van der Waals surface area contributed by atoms with Crippen molar-refractivity contribution in [3.05, 3.63) is 47.0 Å². The number of rotatable bonds is 6. The number of likely N-dealkylation sites (N-methyl/N-ethyl adjacent to an activating group) is 1. The van der Waals surface area contributed by atoms with E-state index < -0.39 is 64.7 Å². The molecule has 41 heavy (non-hydrogen) atoms. The number of fused-ring (bicyclic) bond motifs is 3. The lowest BCUT2D eigenvalue weighted by molar-refractivity contribution is -0.190. The standard InChI is InChI=1S/C30H35N3O8/c1-4-41-20-8-5-13(9-15(20)12-31)16-6-7-19(34)22-17(16)10-14-11-18-24(33(2)3)26(36)23(29(32)39)28(38)30(18,40)27(37)21(14)25(22)35/h5-9,14,18,21,23-24,26,34,36,40H,4,10-12,31H2,1-3H3,(H2,32,39)/t14-,18-,21?,23?,24-,26?,30-/m1/s1. The van der Waals surface area contributed by atoms with Gasteiger partial charge >= 0.3 is 0 Å². The number of amides is 1. The second kappa shape index (κ2) is 10.3. The summed E-state index contributed by atoms with van der Waals surface area (Å²) in [6, 6.07) is 7.61. The van der Waals surface area contributed by atoms with Gasteiger partial charge in [-0.15, -0.1) is 0 Å². The number of primary amides is 1. The van der Waals surface area contributed by atoms with Gasteiger partial charge in [0.05, 0.1) is 24.2 Å². The molecule has 11 nitrogen and oxygen atoms in total. The van der Waals surface area contributed by atoms with E-state index in [-0.39, 0.29) is 30.7 Å². The Labute approximate surface area is 237 Å². The molecule has 3 unspecified atom stereocenters. The van der Waals surface area contributed by atoms with Gasteiger partial charge in [-0.05, 0) is 74.7 Å². The number of carbonyl (C=O) groups excluding carboxylic acids is 4. The monoisotopic (exact) mass is 565 g/mol. The smallest absolute Gasteiger partial charge is 0.230 e. The van der Waals surface area contributed by atoms with Gasteiger partial charge in [0.25, 0.3) is 0 Å². The SMILES string of the molecule is CCOc1ccc(-c2ccc(O)c3c2C[C@@H]2C[C@@H]4[C@@H](N(C)C)C(O)C(C(N)=O)C(=O)[C@]4(O)C(=O)C2C3=O)cc1CN. The Balaban J connectivity index is 1.63. The Morgan fingerprint density at radius 3 is 2.46 bits per heavy atom. The van der Waals surface area contributed by atoms with Crippen LogP contribution in [0.15, 0.2) is 30.3 Å². The van der Waals surface area contributed by atoms with Crippen LogP contribution in [0, 0.1) is 23.7 Å². The number of nitrogens with two attached hydrogens (primary N) is 2. The normalized spacial score (nSPS) is 31.0. The van der Waals surface area contributed by atoms with E-state index in [2.05, 4.69) is 0 Å². The molecule has 1 amide bonds. The van der Waals surface area contributed by atoms with E-state index in [0.29, 0.717) is 23.5 Å². The molecule has 0 saturated heterocycles. The van der Waals surface area contributed by atoms with E-state index >= 15 is 0 Å². The quantitative estimate of drug-likeness (QED) is 0.302. The maximum absolute atomic E-state index is 14.0. The number of hydrogen-bond donors (Lipinski definition) is 5. The number of ether oxygens (including phenoxy) is 1. The molecule has 2 aromatic carbocycles. The minimum absolute atomic E-state index is 0.0405. The zero-order valence-electron chi connectivity index (χ0n) is 23.2. The van der Waals surface area contributed by atoms with Crippen molar-refractivity contribution in [1.29, 1.82) is 0 Å². The molecule has 2 saturated carbocycles. The Hall–Kier alpha value is -3.64. The van der Waals surface area contributed by atoms with Crippen LogP contribution in [0.3, 0.4) is 0 Å². The fourth-order valence-corrected chi connectivity index (χ4v) is 7.30. The number of aliphatic hydroxyl groups excluding tert-OH is 1. The van der Waals surface area contributed by atoms with Gasteiger partial charge in [0, 0.05) is 24.1 Å². The molecular weight excluding hydrogens is 530 g/mol. The lowest BCUT2D eigenvalue weighted by Crippen LogP contribution is -2.75. The molecule has 7 N–H and O–H groups in total. The van der Waals surface area contributed by atoms with Gasteiger partial charge in [0.15, 0.2) is 23.0 Å². The molecule has 0 spiro atoms. The van der Waals surface area contributed by atoms with E-state index in [1.165, 1.54) is 6.07 Å². The fourth-order valence-electron chi connectivity index (χ4n) is 7.30. The average Bonchev–Trinajstić information content (AvgIpc) is 2.91. The van der Waals surface area contributed by atoms with Gasteiger partial charge in [-0.2, -0.15) is 0 Å². The third-order valence-electron chi connectivity index (χ3n) is 9.06. The van der Waals surface area contributed by atoms with Crippen molar-refractivity contribution in [3.63, 3.8) is 0 Å². The van der Waals surface area contributed by atoms with Crippen LogP contribution in [-0.2, 0) is 27.3 Å². The van der Waals surface area contributed by atoms with E-state index in [1.54, 1.807) is 31.1 Å². The number of aliphatic hydroxyl groups is 2. The van der Waals surface area contributed by atoms with Crippen LogP contribution in [0.4, 0.5) is 0 Å². The van der Waals surface area contributed by atoms with Gasteiger partial charge in [-0.1, -0.05) is 12.1 Å². The predicted octanol–water partition coefficient (Wildman–Crippen LogP) is 0.183. The molecule has 7 atom stereocenters. The maximum Gasteiger partial charge on any atom is 0.230 e. The molecule has 2 aromatic rings. The summed E-state index contributed by atoms with van der Waals surface area (Å²) in [7, 11) is 3.22. The first-order valence-electron chi connectivity index (χ1n) is 13.7. The van der Waals surface area contributed by atoms with E-state index in [0.717, 1.165) is 11.1 Å². The summed E-state index contributed by atoms with van der Waals surface area (Å²) in [5.41, 5.74) is 11.4. The molecule has 0 aliphatic heterocycles. The van der Waals surface area contributed by atoms with Crippen molar-refractivity contribution in [2.24, 2.45) is 35.1 Å². The number of Topliss-reactive ketones (excluding diaryl/α,β-unsaturated/α-hetero) is 3. The highest BCUT2D eigenvalue weighted by Crippen LogP contribution is 2.52. The summed E-state index contributed by atoms with van der Waals surface area (Å²) in [6.45, 7) is 2.55. The Morgan fingerprint density at radius 2 is 1.85 bits per heavy atom. The number of ketones is 3. The van der Waals surface area contributed by atoms with Crippen molar-refractivity contribution in [2.75, 3.05) is 20.7 Å². The number of hydrogen-bond acceptors (Lipinski definition) is 10. The Kier molecular flexibility index (Phi) is 7.27. The molecule has 2 fully saturated rings. The molecule has 3 aliphatic rings. The highest BCUT2D eigenvalue weighted by Gasteiger charge is 2.69. The summed E-state index contributed by atoms with van der Waals surface area (Å²) in [5, 5.41) is 33.6. The lowest BCUT2D eigenvalue weighted by atomic mass is 9.52. The van der Waals surface area contributed by atoms with Crippen LogP contribution in [0.25, 0.3) is 11.1 Å². The lowest BCUT2D eigenvalue weighted by Gasteiger charge is -2.54. The summed E-state index contributed by atoms with van der Waals surface area (Å²) in [4.78, 5) is 55.1. The van der Waals surface area contributed by atoms with E-state index in [1.807, 2.05) is 19.1 Å². The number of phenols is 1. The number of benzene rings is 2. The molecule has 11 heteroatoms. The highest BCUT2D eigenvalue weighted by molar-refractivity contribution is 6.25. The second-order valence-electron chi connectivity index (χ2n) is 11.4. The minimum Gasteiger partial charge on any atom is -0.507 e. The van der Waals surface area contributed by atoms with E-state index in [9.17, 15) is 34.5 Å². The second-order valence-corrected chi connectivity index (χ2v) is 11.4. The molecule has 0 heterocycles. The Bertz CT molecular complexity index is 1460. The predicted molar refractivity (Wildman–Crippen MR) is 147 cm³/mol. The van der Waals surface area contributed by atoms with Crippen molar-refractivity contribution >= 4 is 23.3 Å². The molecule has 0 radical (unpaired) electrons. The molecule has 0 bridgehead atoms. The molecule has 0 aromatic heterocycles. The molecule has 218 valence electrons. The largest absolute Gasteiger partial charge is 0.507 e. The Morgan fingerprint density at radius 1 is 1.15 bits per heavy atom. The van der Waals surface area contributed by atoms with Gasteiger partial charge in [0.2, 0.25) is 5.91 Å². The van der Waals surface area contributed by atoms with Gasteiger partial charge in [-0.3, -0.25) is 19.2 Å². The number of carbonyl (C=O) groups is 4. The highest BCUT2D eigenvalue weighted by atomic mass is 16.5. The van der Waals surface area contributed by atoms with Crippen molar-refractivity contribution in [1.82, 2.24) is 4.90 Å². The summed E-state index contributed by atoms with van der Waals surface area (Å²) < 4.78 is 5.66. The zero-order valence-corrected chi connectivity index (χ0v) is 23.2. The summed E-state index contributed by atoms with van der Waals surface area (Å²) in [6.07, 6.45) is -1.31. The number of phenolic OH excluding ortho intramolecular Hbond substituents is 1. The third-order valence-corrected chi connectivity index (χ3v) is 9.06. The van der Waals surface area contributed by atoms with E-state index in [4.69, 9.17) is 16.2 Å². The van der Waals surface area contributed by atoms with Crippen molar-refractivity contribution in [3.8, 4) is 22.6 Å². The average molecular weight is 566 g/mol. The van der Waals surface area contributed by atoms with Crippen LogP contribution in [0.2, 0.25) is 0 Å². The zero-order chi connectivity index (χ0) is 30.0. The fraction of sp³-hybridized carbons (Fsp3) is 0.467. The van der Waals surface area contributed by atoms with Crippen LogP contribution >= 0.6 is 0 Å². The van der Waals surface area contributed by atoms with Crippen LogP contribution in [0.1, 0.15) is 34.8 Å². The minimum atomic E-state index is -2.69. The van der Waals surface area contributed by atoms with Crippen molar-refractivity contribution in [2.45, 2.75) is 44.1 Å². The molecule has 5 rings (SSSR count). The third kappa shape index (κ3) is 4.18. The van der Waals surface area contributed by atoms with Crippen molar-refractivity contribution < 1.29 is 39.2 Å². The van der Waals surface area contributed by atoms with Crippen LogP contribution in [-0.4, -0.2) is 81.9 Å². The van der Waals surface area contributed by atoms with Gasteiger partial charge < -0.3 is 36.4 Å². The van der Waals surface area contributed by atoms with Gasteiger partial charge in [0.1, 0.15) is 17.4 Å². The first-order chi connectivity index (χ1) is 19.4. The maximum atomic E-state index is 14.0. The summed E-state index contributed by atoms with van der Waals surface area (Å²) >= 11 is 0. The molecular formula is C30H35N3O8. The van der Waals surface area contributed by atoms with Crippen LogP contribution < -0.4 is 16.2 Å². The summed E-state index contributed by atoms with van der Waals surface area (Å²) in [5.74, 6) is -8.70. The first-order valence-corrected chi connectivity index (χ1v) is 13.7. The first kappa shape index (κ1) is 28.9. The number of aromatic hydroxyl groups is 1. The topological polar surface area (TPSA) is 193 Å².